The molecule has 0 aromatic rings. The van der Waals surface area contributed by atoms with E-state index in [9.17, 15) is 0 Å². The molecule has 0 aliphatic heterocycles. The molecule has 4 heteroatoms. The minimum absolute atomic E-state index is 0.778. The minimum Gasteiger partial charge on any atom is -0.458 e. The van der Waals surface area contributed by atoms with Crippen LogP contribution in [-0.4, -0.2) is 23.9 Å². The Morgan fingerprint density at radius 2 is 1.90 bits per heavy atom. The average Bonchev–Trinajstić information content (AvgIpc) is 1.59. The first-order chi connectivity index (χ1) is 4.48. The Hall–Kier alpha value is 0.354. The SMILES string of the molecule is C[SiH](C)O[Si](C)(C)CCN. The molecule has 2 N–H and O–H groups in total. The molecule has 0 unspecified atom stereocenters. The molecule has 2 nitrogen and oxygen atoms in total. The molecule has 0 heterocycles. The van der Waals surface area contributed by atoms with E-state index in [1.165, 1.54) is 0 Å². The zero-order chi connectivity index (χ0) is 8.20. The second-order valence-corrected chi connectivity index (χ2v) is 10.5. The van der Waals surface area contributed by atoms with Gasteiger partial charge in [0.2, 0.25) is 0 Å². The van der Waals surface area contributed by atoms with Crippen molar-refractivity contribution < 1.29 is 4.12 Å². The van der Waals surface area contributed by atoms with Crippen molar-refractivity contribution in [2.75, 3.05) is 6.54 Å². The van der Waals surface area contributed by atoms with E-state index < -0.39 is 17.4 Å². The van der Waals surface area contributed by atoms with Crippen molar-refractivity contribution in [1.29, 1.82) is 0 Å². The molecule has 0 aromatic carbocycles. The van der Waals surface area contributed by atoms with Gasteiger partial charge in [-0.05, 0) is 38.8 Å². The molecule has 62 valence electrons. The van der Waals surface area contributed by atoms with E-state index in [2.05, 4.69) is 26.2 Å². The van der Waals surface area contributed by atoms with Crippen molar-refractivity contribution in [2.45, 2.75) is 32.2 Å². The second kappa shape index (κ2) is 4.28. The van der Waals surface area contributed by atoms with Crippen LogP contribution in [0.2, 0.25) is 32.2 Å². The third-order valence-corrected chi connectivity index (χ3v) is 7.23. The number of hydrogen-bond donors (Lipinski definition) is 1. The van der Waals surface area contributed by atoms with E-state index in [0.29, 0.717) is 0 Å². The van der Waals surface area contributed by atoms with Crippen LogP contribution in [0, 0.1) is 0 Å². The van der Waals surface area contributed by atoms with Crippen molar-refractivity contribution >= 4 is 17.4 Å². The van der Waals surface area contributed by atoms with E-state index >= 15 is 0 Å². The molecule has 0 amide bonds. The lowest BCUT2D eigenvalue weighted by molar-refractivity contribution is 0.571. The smallest absolute Gasteiger partial charge is 0.174 e. The van der Waals surface area contributed by atoms with Crippen LogP contribution in [0.1, 0.15) is 0 Å². The van der Waals surface area contributed by atoms with Gasteiger partial charge in [-0.25, -0.2) is 0 Å². The standard InChI is InChI=1S/C6H19NOSi2/c1-9(2)8-10(3,4)6-5-7/h9H,5-7H2,1-4H3. The van der Waals surface area contributed by atoms with Crippen LogP contribution in [0.25, 0.3) is 0 Å². The fraction of sp³-hybridized carbons (Fsp3) is 1.00. The molecule has 10 heavy (non-hydrogen) atoms. The number of nitrogens with two attached hydrogens (primary N) is 1. The van der Waals surface area contributed by atoms with Crippen molar-refractivity contribution in [3.05, 3.63) is 0 Å². The van der Waals surface area contributed by atoms with Gasteiger partial charge >= 0.3 is 0 Å². The topological polar surface area (TPSA) is 35.2 Å². The Morgan fingerprint density at radius 3 is 2.20 bits per heavy atom. The van der Waals surface area contributed by atoms with E-state index in [4.69, 9.17) is 9.85 Å². The van der Waals surface area contributed by atoms with Crippen LogP contribution in [0.4, 0.5) is 0 Å². The summed E-state index contributed by atoms with van der Waals surface area (Å²) in [5, 5.41) is 0. The number of hydrogen-bond acceptors (Lipinski definition) is 2. The molecule has 0 bridgehead atoms. The first kappa shape index (κ1) is 10.4. The summed E-state index contributed by atoms with van der Waals surface area (Å²) in [5.74, 6) is 0. The zero-order valence-electron chi connectivity index (χ0n) is 7.48. The summed E-state index contributed by atoms with van der Waals surface area (Å²) in [6.07, 6.45) is 0. The molecular weight excluding hydrogens is 158 g/mol. The van der Waals surface area contributed by atoms with Gasteiger partial charge in [-0.3, -0.25) is 0 Å². The predicted molar refractivity (Wildman–Crippen MR) is 51.3 cm³/mol. The van der Waals surface area contributed by atoms with Crippen LogP contribution in [0.5, 0.6) is 0 Å². The summed E-state index contributed by atoms with van der Waals surface area (Å²) in [5.41, 5.74) is 5.46. The van der Waals surface area contributed by atoms with Crippen molar-refractivity contribution in [1.82, 2.24) is 0 Å². The highest BCUT2D eigenvalue weighted by Crippen LogP contribution is 2.10. The Morgan fingerprint density at radius 1 is 1.40 bits per heavy atom. The molecule has 0 spiro atoms. The highest BCUT2D eigenvalue weighted by atomic mass is 28.4. The fourth-order valence-corrected chi connectivity index (χ4v) is 7.32. The first-order valence-corrected chi connectivity index (χ1v) is 9.75. The van der Waals surface area contributed by atoms with Gasteiger partial charge in [-0.1, -0.05) is 0 Å². The Bertz CT molecular complexity index is 95.7. The summed E-state index contributed by atoms with van der Waals surface area (Å²) in [6, 6.07) is 1.10. The van der Waals surface area contributed by atoms with Gasteiger partial charge in [0.1, 0.15) is 0 Å². The van der Waals surface area contributed by atoms with Gasteiger partial charge < -0.3 is 9.85 Å². The Labute approximate surface area is 66.6 Å². The monoisotopic (exact) mass is 177 g/mol. The third kappa shape index (κ3) is 5.16. The molecule has 0 atom stereocenters. The highest BCUT2D eigenvalue weighted by Gasteiger charge is 2.21. The van der Waals surface area contributed by atoms with Gasteiger partial charge in [0.15, 0.2) is 17.4 Å². The summed E-state index contributed by atoms with van der Waals surface area (Å²) in [7, 11) is -2.15. The van der Waals surface area contributed by atoms with Crippen LogP contribution in [-0.2, 0) is 4.12 Å². The number of rotatable bonds is 4. The molecule has 0 aliphatic rings. The third-order valence-electron chi connectivity index (χ3n) is 1.30. The summed E-state index contributed by atoms with van der Waals surface area (Å²) in [6.45, 7) is 9.69. The lowest BCUT2D eigenvalue weighted by Gasteiger charge is -2.24. The van der Waals surface area contributed by atoms with Gasteiger partial charge in [-0.15, -0.1) is 0 Å². The summed E-state index contributed by atoms with van der Waals surface area (Å²) < 4.78 is 5.88. The molecule has 0 radical (unpaired) electrons. The summed E-state index contributed by atoms with van der Waals surface area (Å²) >= 11 is 0. The molecule has 0 fully saturated rings. The van der Waals surface area contributed by atoms with Crippen LogP contribution >= 0.6 is 0 Å². The maximum atomic E-state index is 5.88. The largest absolute Gasteiger partial charge is 0.458 e. The molecule has 0 saturated heterocycles. The van der Waals surface area contributed by atoms with Gasteiger partial charge in [0, 0.05) is 0 Å². The van der Waals surface area contributed by atoms with Crippen molar-refractivity contribution in [3.63, 3.8) is 0 Å². The predicted octanol–water partition coefficient (Wildman–Crippen LogP) is 1.15. The highest BCUT2D eigenvalue weighted by molar-refractivity contribution is 6.77. The Balaban J connectivity index is 3.63. The van der Waals surface area contributed by atoms with Gasteiger partial charge in [-0.2, -0.15) is 0 Å². The molecular formula is C6H19NOSi2. The molecule has 0 saturated carbocycles. The maximum Gasteiger partial charge on any atom is 0.174 e. The quantitative estimate of drug-likeness (QED) is 0.654. The van der Waals surface area contributed by atoms with E-state index in [0.717, 1.165) is 12.6 Å². The molecule has 0 aromatic heterocycles. The van der Waals surface area contributed by atoms with E-state index in [1.54, 1.807) is 0 Å². The first-order valence-electron chi connectivity index (χ1n) is 3.86. The average molecular weight is 177 g/mol. The summed E-state index contributed by atoms with van der Waals surface area (Å²) in [4.78, 5) is 0. The minimum atomic E-state index is -1.33. The molecule has 0 aliphatic carbocycles. The normalized spacial score (nSPS) is 12.6. The zero-order valence-corrected chi connectivity index (χ0v) is 9.63. The van der Waals surface area contributed by atoms with Gasteiger partial charge in [0.25, 0.3) is 0 Å². The van der Waals surface area contributed by atoms with Crippen LogP contribution < -0.4 is 5.73 Å². The van der Waals surface area contributed by atoms with Crippen molar-refractivity contribution in [3.8, 4) is 0 Å². The lowest BCUT2D eigenvalue weighted by Crippen LogP contribution is -2.37. The maximum absolute atomic E-state index is 5.88. The van der Waals surface area contributed by atoms with Crippen LogP contribution in [0.15, 0.2) is 0 Å². The van der Waals surface area contributed by atoms with Crippen LogP contribution in [0.3, 0.4) is 0 Å². The van der Waals surface area contributed by atoms with Crippen molar-refractivity contribution in [2.24, 2.45) is 5.73 Å². The molecule has 0 rings (SSSR count). The Kier molecular flexibility index (Phi) is 4.43. The van der Waals surface area contributed by atoms with E-state index in [1.807, 2.05) is 0 Å². The second-order valence-electron chi connectivity index (χ2n) is 3.46. The van der Waals surface area contributed by atoms with E-state index in [-0.39, 0.29) is 0 Å². The lowest BCUT2D eigenvalue weighted by atomic mass is 10.8. The fourth-order valence-electron chi connectivity index (χ4n) is 1.04. The van der Waals surface area contributed by atoms with Gasteiger partial charge in [0.05, 0.1) is 0 Å².